The van der Waals surface area contributed by atoms with Crippen molar-refractivity contribution in [2.75, 3.05) is 20.1 Å². The second-order valence-corrected chi connectivity index (χ2v) is 5.23. The van der Waals surface area contributed by atoms with Crippen molar-refractivity contribution in [1.82, 2.24) is 15.5 Å². The molecule has 1 rings (SSSR count). The number of nitrogens with zero attached hydrogens (tertiary/aromatic N) is 1. The molecule has 0 saturated carbocycles. The molecule has 0 bridgehead atoms. The number of nitrogens with one attached hydrogen (secondary N) is 2. The van der Waals surface area contributed by atoms with E-state index in [9.17, 15) is 14.4 Å². The number of nitrogens with two attached hydrogens (primary N) is 1. The normalized spacial score (nSPS) is 19.6. The molecule has 7 nitrogen and oxygen atoms in total. The van der Waals surface area contributed by atoms with Crippen LogP contribution < -0.4 is 16.4 Å². The highest BCUT2D eigenvalue weighted by atomic mass is 35.5. The number of carbonyl (C=O) groups excluding carboxylic acids is 3. The van der Waals surface area contributed by atoms with Gasteiger partial charge >= 0.3 is 0 Å². The molecule has 20 heavy (non-hydrogen) atoms. The van der Waals surface area contributed by atoms with Crippen LogP contribution in [0.5, 0.6) is 0 Å². The molecule has 116 valence electrons. The van der Waals surface area contributed by atoms with Gasteiger partial charge in [-0.3, -0.25) is 14.4 Å². The number of halogens is 1. The van der Waals surface area contributed by atoms with Gasteiger partial charge in [-0.1, -0.05) is 13.8 Å². The van der Waals surface area contributed by atoms with E-state index in [1.807, 2.05) is 13.8 Å². The quantitative estimate of drug-likeness (QED) is 0.597. The molecule has 0 aromatic carbocycles. The highest BCUT2D eigenvalue weighted by Gasteiger charge is 2.28. The van der Waals surface area contributed by atoms with Crippen LogP contribution in [0.4, 0.5) is 0 Å². The van der Waals surface area contributed by atoms with Gasteiger partial charge in [-0.2, -0.15) is 0 Å². The van der Waals surface area contributed by atoms with Gasteiger partial charge in [0.2, 0.25) is 17.7 Å². The Morgan fingerprint density at radius 2 is 2.05 bits per heavy atom. The zero-order valence-corrected chi connectivity index (χ0v) is 12.8. The average Bonchev–Trinajstić information content (AvgIpc) is 2.64. The number of likely N-dealkylation sites (tertiary alicyclic amines) is 1. The molecule has 0 radical (unpaired) electrons. The number of likely N-dealkylation sites (N-methyl/N-ethyl adjacent to an activating group) is 1. The SMILES string of the molecule is CC(C)[C@H](N)C(=O)NCC(=O)NC1CC(=O)N(C)C1.Cl. The zero-order chi connectivity index (χ0) is 14.6. The fourth-order valence-electron chi connectivity index (χ4n) is 1.83. The summed E-state index contributed by atoms with van der Waals surface area (Å²) in [5, 5.41) is 5.19. The predicted molar refractivity (Wildman–Crippen MR) is 77.3 cm³/mol. The van der Waals surface area contributed by atoms with Gasteiger partial charge in [0.25, 0.3) is 0 Å². The number of carbonyl (C=O) groups is 3. The first kappa shape index (κ1) is 18.7. The van der Waals surface area contributed by atoms with E-state index in [1.54, 1.807) is 11.9 Å². The zero-order valence-electron chi connectivity index (χ0n) is 12.0. The summed E-state index contributed by atoms with van der Waals surface area (Å²) in [5.41, 5.74) is 5.65. The summed E-state index contributed by atoms with van der Waals surface area (Å²) in [6.07, 6.45) is 0.307. The lowest BCUT2D eigenvalue weighted by molar-refractivity contribution is -0.127. The summed E-state index contributed by atoms with van der Waals surface area (Å²) in [7, 11) is 1.69. The van der Waals surface area contributed by atoms with E-state index in [1.165, 1.54) is 0 Å². The van der Waals surface area contributed by atoms with Crippen molar-refractivity contribution >= 4 is 30.1 Å². The van der Waals surface area contributed by atoms with E-state index in [4.69, 9.17) is 5.73 Å². The molecular formula is C12H23ClN4O3. The number of hydrogen-bond donors (Lipinski definition) is 3. The maximum atomic E-state index is 11.6. The molecule has 1 unspecified atom stereocenters. The lowest BCUT2D eigenvalue weighted by Gasteiger charge is -2.16. The Morgan fingerprint density at radius 1 is 1.45 bits per heavy atom. The topological polar surface area (TPSA) is 105 Å². The van der Waals surface area contributed by atoms with Crippen LogP contribution in [0.3, 0.4) is 0 Å². The third-order valence-electron chi connectivity index (χ3n) is 3.15. The molecule has 2 atom stereocenters. The first-order chi connectivity index (χ1) is 8.81. The first-order valence-electron chi connectivity index (χ1n) is 6.38. The molecule has 8 heteroatoms. The maximum Gasteiger partial charge on any atom is 0.239 e. The lowest BCUT2D eigenvalue weighted by atomic mass is 10.1. The molecule has 4 N–H and O–H groups in total. The Hall–Kier alpha value is -1.34. The van der Waals surface area contributed by atoms with Gasteiger partial charge in [0.05, 0.1) is 18.6 Å². The van der Waals surface area contributed by atoms with Crippen LogP contribution in [0.1, 0.15) is 20.3 Å². The van der Waals surface area contributed by atoms with Gasteiger partial charge in [0.1, 0.15) is 0 Å². The molecule has 0 aromatic heterocycles. The summed E-state index contributed by atoms with van der Waals surface area (Å²) in [6, 6.07) is -0.798. The van der Waals surface area contributed by atoms with Crippen molar-refractivity contribution in [2.24, 2.45) is 11.7 Å². The Morgan fingerprint density at radius 3 is 2.50 bits per heavy atom. The van der Waals surface area contributed by atoms with E-state index in [0.29, 0.717) is 13.0 Å². The average molecular weight is 307 g/mol. The van der Waals surface area contributed by atoms with Crippen LogP contribution >= 0.6 is 12.4 Å². The van der Waals surface area contributed by atoms with Crippen molar-refractivity contribution in [3.63, 3.8) is 0 Å². The van der Waals surface area contributed by atoms with Gasteiger partial charge < -0.3 is 21.3 Å². The number of amides is 3. The van der Waals surface area contributed by atoms with Crippen molar-refractivity contribution in [3.05, 3.63) is 0 Å². The van der Waals surface area contributed by atoms with E-state index in [-0.39, 0.29) is 48.6 Å². The van der Waals surface area contributed by atoms with E-state index >= 15 is 0 Å². The molecule has 1 aliphatic heterocycles. The van der Waals surface area contributed by atoms with E-state index < -0.39 is 6.04 Å². The molecule has 0 spiro atoms. The molecule has 1 heterocycles. The van der Waals surface area contributed by atoms with Gasteiger partial charge in [-0.25, -0.2) is 0 Å². The largest absolute Gasteiger partial charge is 0.350 e. The smallest absolute Gasteiger partial charge is 0.239 e. The van der Waals surface area contributed by atoms with Crippen LogP contribution in [0, 0.1) is 5.92 Å². The second kappa shape index (κ2) is 8.06. The standard InChI is InChI=1S/C12H22N4O3.ClH/c1-7(2)11(13)12(19)14-5-9(17)15-8-4-10(18)16(3)6-8;/h7-8,11H,4-6,13H2,1-3H3,(H,14,19)(H,15,17);1H/t8?,11-;/m0./s1. The molecule has 1 saturated heterocycles. The Bertz CT molecular complexity index is 376. The molecule has 0 aliphatic carbocycles. The first-order valence-corrected chi connectivity index (χ1v) is 6.38. The number of rotatable bonds is 5. The third kappa shape index (κ3) is 5.34. The van der Waals surface area contributed by atoms with Crippen LogP contribution in [0.2, 0.25) is 0 Å². The fraction of sp³-hybridized carbons (Fsp3) is 0.750. The van der Waals surface area contributed by atoms with Crippen LogP contribution in [-0.2, 0) is 14.4 Å². The Labute approximate surface area is 125 Å². The van der Waals surface area contributed by atoms with E-state index in [2.05, 4.69) is 10.6 Å². The summed E-state index contributed by atoms with van der Waals surface area (Å²) in [5.74, 6) is -0.623. The van der Waals surface area contributed by atoms with Crippen LogP contribution in [0.25, 0.3) is 0 Å². The Balaban J connectivity index is 0.00000361. The summed E-state index contributed by atoms with van der Waals surface area (Å²) < 4.78 is 0. The predicted octanol–water partition coefficient (Wildman–Crippen LogP) is -1.15. The molecule has 3 amide bonds. The highest BCUT2D eigenvalue weighted by Crippen LogP contribution is 2.07. The van der Waals surface area contributed by atoms with Gasteiger partial charge in [0, 0.05) is 20.0 Å². The minimum absolute atomic E-state index is 0. The fourth-order valence-corrected chi connectivity index (χ4v) is 1.83. The monoisotopic (exact) mass is 306 g/mol. The van der Waals surface area contributed by atoms with Gasteiger partial charge in [-0.05, 0) is 5.92 Å². The third-order valence-corrected chi connectivity index (χ3v) is 3.15. The summed E-state index contributed by atoms with van der Waals surface area (Å²) in [6.45, 7) is 4.06. The van der Waals surface area contributed by atoms with Crippen molar-refractivity contribution in [3.8, 4) is 0 Å². The summed E-state index contributed by atoms with van der Waals surface area (Å²) >= 11 is 0. The van der Waals surface area contributed by atoms with E-state index in [0.717, 1.165) is 0 Å². The van der Waals surface area contributed by atoms with Crippen molar-refractivity contribution in [1.29, 1.82) is 0 Å². The maximum absolute atomic E-state index is 11.6. The second-order valence-electron chi connectivity index (χ2n) is 5.23. The van der Waals surface area contributed by atoms with Crippen LogP contribution in [0.15, 0.2) is 0 Å². The minimum Gasteiger partial charge on any atom is -0.350 e. The van der Waals surface area contributed by atoms with Crippen molar-refractivity contribution < 1.29 is 14.4 Å². The Kier molecular flexibility index (Phi) is 7.52. The lowest BCUT2D eigenvalue weighted by Crippen LogP contribution is -2.48. The van der Waals surface area contributed by atoms with Crippen molar-refractivity contribution in [2.45, 2.75) is 32.4 Å². The molecular weight excluding hydrogens is 284 g/mol. The minimum atomic E-state index is -0.619. The molecule has 1 aliphatic rings. The van der Waals surface area contributed by atoms with Gasteiger partial charge in [0.15, 0.2) is 0 Å². The number of hydrogen-bond acceptors (Lipinski definition) is 4. The van der Waals surface area contributed by atoms with Crippen LogP contribution in [-0.4, -0.2) is 54.8 Å². The molecule has 0 aromatic rings. The van der Waals surface area contributed by atoms with Gasteiger partial charge in [-0.15, -0.1) is 12.4 Å². The summed E-state index contributed by atoms with van der Waals surface area (Å²) in [4.78, 5) is 36.0. The molecule has 1 fully saturated rings. The highest BCUT2D eigenvalue weighted by molar-refractivity contribution is 5.88.